The van der Waals surface area contributed by atoms with E-state index in [0.717, 1.165) is 12.8 Å². The average molecular weight is 534 g/mol. The molecule has 5 rings (SSSR count). The minimum Gasteiger partial charge on any atom is -0.478 e. The van der Waals surface area contributed by atoms with Crippen LogP contribution >= 0.6 is 11.6 Å². The maximum Gasteiger partial charge on any atom is 0.335 e. The second-order valence-electron chi connectivity index (χ2n) is 8.97. The molecule has 0 radical (unpaired) electrons. The summed E-state index contributed by atoms with van der Waals surface area (Å²) >= 11 is 6.32. The lowest BCUT2D eigenvalue weighted by molar-refractivity contribution is -0.114. The third-order valence-electron chi connectivity index (χ3n) is 6.37. The number of rotatable bonds is 6. The zero-order valence-electron chi connectivity index (χ0n) is 20.4. The van der Waals surface area contributed by atoms with E-state index in [2.05, 4.69) is 10.4 Å². The van der Waals surface area contributed by atoms with Crippen LogP contribution in [-0.4, -0.2) is 47.9 Å². The van der Waals surface area contributed by atoms with Crippen molar-refractivity contribution in [3.8, 4) is 11.3 Å². The first-order chi connectivity index (χ1) is 18.3. The molecular weight excluding hydrogens is 510 g/mol. The standard InChI is InChI=1S/C28H24ClN3O6/c1-16-22(27(34)32(31-16)20-4-2-3-18(13-20)28(35)36)15-21-6-8-25(38-21)17-5-7-24(29)23(14-17)26(33)30-19-9-11-37-12-10-19/h2-8,13-15,19H,9-12H2,1H3,(H,30,33)(H,35,36). The normalized spacial score (nSPS) is 17.1. The van der Waals surface area contributed by atoms with Crippen molar-refractivity contribution in [3.05, 3.63) is 82.1 Å². The first kappa shape index (κ1) is 25.4. The van der Waals surface area contributed by atoms with E-state index in [-0.39, 0.29) is 17.5 Å². The van der Waals surface area contributed by atoms with E-state index in [9.17, 15) is 19.5 Å². The van der Waals surface area contributed by atoms with Crippen LogP contribution in [0.15, 0.2) is 69.7 Å². The molecule has 38 heavy (non-hydrogen) atoms. The van der Waals surface area contributed by atoms with Crippen molar-refractivity contribution in [2.45, 2.75) is 25.8 Å². The number of ether oxygens (including phenoxy) is 1. The number of carboxylic acids is 1. The molecular formula is C28H24ClN3O6. The minimum atomic E-state index is -1.09. The molecule has 3 aromatic rings. The third kappa shape index (κ3) is 5.25. The van der Waals surface area contributed by atoms with Crippen LogP contribution in [0.2, 0.25) is 5.02 Å². The van der Waals surface area contributed by atoms with Crippen molar-refractivity contribution < 1.29 is 28.6 Å². The lowest BCUT2D eigenvalue weighted by atomic mass is 10.1. The molecule has 0 aliphatic carbocycles. The molecule has 0 spiro atoms. The summed E-state index contributed by atoms with van der Waals surface area (Å²) in [7, 11) is 0. The van der Waals surface area contributed by atoms with E-state index >= 15 is 0 Å². The summed E-state index contributed by atoms with van der Waals surface area (Å²) in [6, 6.07) is 14.6. The molecule has 0 unspecified atom stereocenters. The maximum absolute atomic E-state index is 13.1. The molecule has 0 bridgehead atoms. The van der Waals surface area contributed by atoms with Crippen molar-refractivity contribution in [3.63, 3.8) is 0 Å². The summed E-state index contributed by atoms with van der Waals surface area (Å²) in [4.78, 5) is 37.3. The van der Waals surface area contributed by atoms with Gasteiger partial charge in [0.25, 0.3) is 11.8 Å². The zero-order valence-corrected chi connectivity index (χ0v) is 21.2. The van der Waals surface area contributed by atoms with Crippen LogP contribution in [0.5, 0.6) is 0 Å². The molecule has 0 saturated carbocycles. The second-order valence-corrected chi connectivity index (χ2v) is 9.38. The van der Waals surface area contributed by atoms with Gasteiger partial charge in [-0.2, -0.15) is 10.1 Å². The fraction of sp³-hybridized carbons (Fsp3) is 0.214. The number of nitrogens with one attached hydrogen (secondary N) is 1. The van der Waals surface area contributed by atoms with Crippen LogP contribution in [0.4, 0.5) is 5.69 Å². The van der Waals surface area contributed by atoms with E-state index in [0.29, 0.717) is 57.9 Å². The molecule has 194 valence electrons. The molecule has 0 atom stereocenters. The quantitative estimate of drug-likeness (QED) is 0.429. The molecule has 2 aliphatic rings. The smallest absolute Gasteiger partial charge is 0.335 e. The number of amides is 2. The third-order valence-corrected chi connectivity index (χ3v) is 6.70. The van der Waals surface area contributed by atoms with Gasteiger partial charge in [-0.1, -0.05) is 17.7 Å². The molecule has 3 heterocycles. The van der Waals surface area contributed by atoms with Gasteiger partial charge in [-0.05, 0) is 74.4 Å². The summed E-state index contributed by atoms with van der Waals surface area (Å²) in [5, 5.41) is 18.1. The van der Waals surface area contributed by atoms with Crippen LogP contribution in [0.25, 0.3) is 17.4 Å². The number of hydrogen-bond donors (Lipinski definition) is 2. The SMILES string of the molecule is CC1=NN(c2cccc(C(=O)O)c2)C(=O)C1=Cc1ccc(-c2ccc(Cl)c(C(=O)NC3CCOCC3)c2)o1. The molecule has 1 aromatic heterocycles. The molecule has 2 aromatic carbocycles. The van der Waals surface area contributed by atoms with Gasteiger partial charge in [0.1, 0.15) is 11.5 Å². The largest absolute Gasteiger partial charge is 0.478 e. The number of anilines is 1. The average Bonchev–Trinajstić information content (AvgIpc) is 3.50. The summed E-state index contributed by atoms with van der Waals surface area (Å²) in [5.41, 5.74) is 2.20. The minimum absolute atomic E-state index is 0.0397. The Morgan fingerprint density at radius 1 is 1.13 bits per heavy atom. The maximum atomic E-state index is 13.1. The van der Waals surface area contributed by atoms with E-state index in [4.69, 9.17) is 20.8 Å². The molecule has 1 saturated heterocycles. The Bertz CT molecular complexity index is 1490. The molecule has 2 N–H and O–H groups in total. The van der Waals surface area contributed by atoms with E-state index in [1.165, 1.54) is 17.1 Å². The van der Waals surface area contributed by atoms with Crippen LogP contribution in [-0.2, 0) is 9.53 Å². The molecule has 1 fully saturated rings. The lowest BCUT2D eigenvalue weighted by Crippen LogP contribution is -2.39. The number of carbonyl (C=O) groups is 3. The lowest BCUT2D eigenvalue weighted by Gasteiger charge is -2.23. The Kier molecular flexibility index (Phi) is 7.13. The number of furan rings is 1. The van der Waals surface area contributed by atoms with Crippen LogP contribution in [0, 0.1) is 0 Å². The number of hydrogen-bond acceptors (Lipinski definition) is 6. The number of aromatic carboxylic acids is 1. The van der Waals surface area contributed by atoms with E-state index in [1.807, 2.05) is 0 Å². The van der Waals surface area contributed by atoms with Gasteiger partial charge in [-0.3, -0.25) is 9.59 Å². The molecule has 2 amide bonds. The summed E-state index contributed by atoms with van der Waals surface area (Å²) in [5.74, 6) is -0.832. The topological polar surface area (TPSA) is 121 Å². The van der Waals surface area contributed by atoms with Crippen molar-refractivity contribution in [1.82, 2.24) is 5.32 Å². The van der Waals surface area contributed by atoms with Gasteiger partial charge in [0.15, 0.2) is 0 Å². The summed E-state index contributed by atoms with van der Waals surface area (Å²) < 4.78 is 11.3. The van der Waals surface area contributed by atoms with Gasteiger partial charge in [0.05, 0.1) is 33.1 Å². The fourth-order valence-corrected chi connectivity index (χ4v) is 4.52. The highest BCUT2D eigenvalue weighted by atomic mass is 35.5. The number of benzene rings is 2. The predicted octanol–water partition coefficient (Wildman–Crippen LogP) is 5.01. The van der Waals surface area contributed by atoms with Crippen LogP contribution in [0.3, 0.4) is 0 Å². The number of carbonyl (C=O) groups excluding carboxylic acids is 2. The molecule has 10 heteroatoms. The van der Waals surface area contributed by atoms with Gasteiger partial charge >= 0.3 is 5.97 Å². The number of carboxylic acid groups (broad SMARTS) is 1. The Morgan fingerprint density at radius 3 is 2.68 bits per heavy atom. The highest BCUT2D eigenvalue weighted by molar-refractivity contribution is 6.34. The van der Waals surface area contributed by atoms with Gasteiger partial charge < -0.3 is 19.6 Å². The Balaban J connectivity index is 1.35. The van der Waals surface area contributed by atoms with Crippen molar-refractivity contribution in [2.75, 3.05) is 18.2 Å². The van der Waals surface area contributed by atoms with Gasteiger partial charge in [0.2, 0.25) is 0 Å². The molecule has 9 nitrogen and oxygen atoms in total. The van der Waals surface area contributed by atoms with Gasteiger partial charge in [-0.15, -0.1) is 0 Å². The summed E-state index contributed by atoms with van der Waals surface area (Å²) in [6.07, 6.45) is 3.09. The highest BCUT2D eigenvalue weighted by Gasteiger charge is 2.29. The van der Waals surface area contributed by atoms with Crippen LogP contribution in [0.1, 0.15) is 46.2 Å². The van der Waals surface area contributed by atoms with E-state index < -0.39 is 11.9 Å². The predicted molar refractivity (Wildman–Crippen MR) is 142 cm³/mol. The zero-order chi connectivity index (χ0) is 26.8. The Morgan fingerprint density at radius 2 is 1.92 bits per heavy atom. The van der Waals surface area contributed by atoms with E-state index in [1.54, 1.807) is 55.5 Å². The monoisotopic (exact) mass is 533 g/mol. The van der Waals surface area contributed by atoms with Gasteiger partial charge in [-0.25, -0.2) is 4.79 Å². The number of halogens is 1. The first-order valence-corrected chi connectivity index (χ1v) is 12.4. The number of nitrogens with zero attached hydrogens (tertiary/aromatic N) is 2. The fourth-order valence-electron chi connectivity index (χ4n) is 4.32. The van der Waals surface area contributed by atoms with Gasteiger partial charge in [0, 0.05) is 24.8 Å². The van der Waals surface area contributed by atoms with Crippen molar-refractivity contribution in [1.29, 1.82) is 0 Å². The summed E-state index contributed by atoms with van der Waals surface area (Å²) in [6.45, 7) is 2.92. The Labute approximate surface area is 223 Å². The first-order valence-electron chi connectivity index (χ1n) is 12.0. The Hall–Kier alpha value is -4.21. The van der Waals surface area contributed by atoms with Crippen molar-refractivity contribution >= 4 is 46.9 Å². The molecule has 2 aliphatic heterocycles. The number of hydrazone groups is 1. The van der Waals surface area contributed by atoms with Crippen LogP contribution < -0.4 is 10.3 Å². The second kappa shape index (κ2) is 10.6. The van der Waals surface area contributed by atoms with Crippen molar-refractivity contribution in [2.24, 2.45) is 5.10 Å². The highest BCUT2D eigenvalue weighted by Crippen LogP contribution is 2.30.